The minimum Gasteiger partial charge on any atom is -0.343 e. The van der Waals surface area contributed by atoms with E-state index in [0.29, 0.717) is 24.2 Å². The third kappa shape index (κ3) is 6.76. The van der Waals surface area contributed by atoms with Gasteiger partial charge >= 0.3 is 6.03 Å². The largest absolute Gasteiger partial charge is 0.343 e. The Labute approximate surface area is 175 Å². The van der Waals surface area contributed by atoms with Crippen molar-refractivity contribution in [3.8, 4) is 0 Å². The predicted octanol–water partition coefficient (Wildman–Crippen LogP) is 3.86. The molecule has 2 heterocycles. The zero-order valence-electron chi connectivity index (χ0n) is 18.2. The van der Waals surface area contributed by atoms with Gasteiger partial charge in [0.05, 0.1) is 0 Å². The Hall–Kier alpha value is -2.04. The highest BCUT2D eigenvalue weighted by Crippen LogP contribution is 2.22. The van der Waals surface area contributed by atoms with E-state index < -0.39 is 0 Å². The number of rotatable bonds is 7. The molecule has 2 saturated heterocycles. The Morgan fingerprint density at radius 3 is 2.21 bits per heavy atom. The van der Waals surface area contributed by atoms with Gasteiger partial charge in [-0.05, 0) is 61.5 Å². The Balaban J connectivity index is 1.38. The molecule has 2 aliphatic rings. The van der Waals surface area contributed by atoms with Gasteiger partial charge in [-0.2, -0.15) is 0 Å². The molecule has 0 spiro atoms. The van der Waals surface area contributed by atoms with Crippen molar-refractivity contribution >= 4 is 11.9 Å². The maximum absolute atomic E-state index is 12.2. The van der Waals surface area contributed by atoms with E-state index in [1.54, 1.807) is 0 Å². The quantitative estimate of drug-likeness (QED) is 0.757. The molecule has 0 unspecified atom stereocenters. The maximum Gasteiger partial charge on any atom is 0.317 e. The molecule has 29 heavy (non-hydrogen) atoms. The highest BCUT2D eigenvalue weighted by atomic mass is 16.2. The number of benzene rings is 1. The number of urea groups is 1. The van der Waals surface area contributed by atoms with Gasteiger partial charge in [0, 0.05) is 39.1 Å². The lowest BCUT2D eigenvalue weighted by Gasteiger charge is -2.32. The molecule has 5 heteroatoms. The SMILES string of the molecule is CC(C)CNC(=O)N1CCC(Cc2ccc(CCC(=O)N3CCCC3)cc2)CC1. The van der Waals surface area contributed by atoms with Crippen molar-refractivity contribution in [3.63, 3.8) is 0 Å². The van der Waals surface area contributed by atoms with E-state index in [2.05, 4.69) is 43.4 Å². The standard InChI is InChI=1S/C24H37N3O2/c1-19(2)18-25-24(29)27-15-11-22(12-16-27)17-21-7-5-20(6-8-21)9-10-23(28)26-13-3-4-14-26/h5-8,19,22H,3-4,9-18H2,1-2H3,(H,25,29). The third-order valence-electron chi connectivity index (χ3n) is 6.20. The van der Waals surface area contributed by atoms with E-state index in [4.69, 9.17) is 0 Å². The average molecular weight is 400 g/mol. The molecule has 1 aromatic rings. The zero-order valence-corrected chi connectivity index (χ0v) is 18.2. The molecular weight excluding hydrogens is 362 g/mol. The Kier molecular flexibility index (Phi) is 7.96. The minimum absolute atomic E-state index is 0.0879. The van der Waals surface area contributed by atoms with Gasteiger partial charge in [0.25, 0.3) is 0 Å². The minimum atomic E-state index is 0.0879. The van der Waals surface area contributed by atoms with Crippen molar-refractivity contribution in [2.75, 3.05) is 32.7 Å². The zero-order chi connectivity index (χ0) is 20.6. The fraction of sp³-hybridized carbons (Fsp3) is 0.667. The first-order valence-electron chi connectivity index (χ1n) is 11.4. The van der Waals surface area contributed by atoms with E-state index in [0.717, 1.165) is 71.2 Å². The normalized spacial score (nSPS) is 17.8. The van der Waals surface area contributed by atoms with Crippen LogP contribution in [0.5, 0.6) is 0 Å². The number of hydrogen-bond acceptors (Lipinski definition) is 2. The number of carbonyl (C=O) groups is 2. The number of carbonyl (C=O) groups excluding carboxylic acids is 2. The second-order valence-electron chi connectivity index (χ2n) is 9.12. The van der Waals surface area contributed by atoms with Crippen LogP contribution in [0.25, 0.3) is 0 Å². The van der Waals surface area contributed by atoms with Crippen LogP contribution < -0.4 is 5.32 Å². The van der Waals surface area contributed by atoms with Crippen LogP contribution in [0.3, 0.4) is 0 Å². The highest BCUT2D eigenvalue weighted by Gasteiger charge is 2.23. The van der Waals surface area contributed by atoms with E-state index >= 15 is 0 Å². The summed E-state index contributed by atoms with van der Waals surface area (Å²) in [4.78, 5) is 28.3. The van der Waals surface area contributed by atoms with Gasteiger partial charge in [-0.3, -0.25) is 4.79 Å². The van der Waals surface area contributed by atoms with E-state index in [-0.39, 0.29) is 6.03 Å². The van der Waals surface area contributed by atoms with Crippen LogP contribution in [0.1, 0.15) is 57.1 Å². The summed E-state index contributed by atoms with van der Waals surface area (Å²) in [5.74, 6) is 1.43. The second kappa shape index (κ2) is 10.7. The first-order chi connectivity index (χ1) is 14.0. The molecule has 2 aliphatic heterocycles. The van der Waals surface area contributed by atoms with Gasteiger partial charge in [0.1, 0.15) is 0 Å². The van der Waals surface area contributed by atoms with Crippen LogP contribution in [-0.4, -0.2) is 54.5 Å². The molecule has 1 N–H and O–H groups in total. The van der Waals surface area contributed by atoms with Crippen molar-refractivity contribution < 1.29 is 9.59 Å². The summed E-state index contributed by atoms with van der Waals surface area (Å²) in [6.45, 7) is 8.56. The van der Waals surface area contributed by atoms with Crippen molar-refractivity contribution in [1.82, 2.24) is 15.1 Å². The lowest BCUT2D eigenvalue weighted by Crippen LogP contribution is -2.45. The van der Waals surface area contributed by atoms with E-state index in [9.17, 15) is 9.59 Å². The van der Waals surface area contributed by atoms with Crippen molar-refractivity contribution in [2.45, 2.75) is 58.8 Å². The van der Waals surface area contributed by atoms with E-state index in [1.807, 2.05) is 9.80 Å². The third-order valence-corrected chi connectivity index (χ3v) is 6.20. The van der Waals surface area contributed by atoms with Crippen LogP contribution in [0.2, 0.25) is 0 Å². The first kappa shape index (κ1) is 21.7. The number of amides is 3. The smallest absolute Gasteiger partial charge is 0.317 e. The molecule has 3 amide bonds. The Morgan fingerprint density at radius 2 is 1.59 bits per heavy atom. The Bertz CT molecular complexity index is 657. The van der Waals surface area contributed by atoms with Gasteiger partial charge in [-0.1, -0.05) is 38.1 Å². The number of nitrogens with zero attached hydrogens (tertiary/aromatic N) is 2. The van der Waals surface area contributed by atoms with Crippen LogP contribution in [-0.2, 0) is 17.6 Å². The summed E-state index contributed by atoms with van der Waals surface area (Å²) >= 11 is 0. The second-order valence-corrected chi connectivity index (χ2v) is 9.12. The summed E-state index contributed by atoms with van der Waals surface area (Å²) in [5.41, 5.74) is 2.61. The molecule has 0 radical (unpaired) electrons. The average Bonchev–Trinajstić information content (AvgIpc) is 3.27. The monoisotopic (exact) mass is 399 g/mol. The first-order valence-corrected chi connectivity index (χ1v) is 11.4. The molecule has 0 atom stereocenters. The molecule has 0 bridgehead atoms. The van der Waals surface area contributed by atoms with Gasteiger partial charge in [0.15, 0.2) is 0 Å². The van der Waals surface area contributed by atoms with Gasteiger partial charge in [-0.25, -0.2) is 4.79 Å². The number of likely N-dealkylation sites (tertiary alicyclic amines) is 2. The molecule has 2 fully saturated rings. The van der Waals surface area contributed by atoms with Crippen LogP contribution in [0.4, 0.5) is 4.79 Å². The summed E-state index contributed by atoms with van der Waals surface area (Å²) in [7, 11) is 0. The predicted molar refractivity (Wildman–Crippen MR) is 117 cm³/mol. The topological polar surface area (TPSA) is 52.7 Å². The molecular formula is C24H37N3O2. The van der Waals surface area contributed by atoms with Crippen LogP contribution >= 0.6 is 0 Å². The molecule has 0 saturated carbocycles. The Morgan fingerprint density at radius 1 is 0.966 bits per heavy atom. The molecule has 0 aromatic heterocycles. The van der Waals surface area contributed by atoms with Crippen molar-refractivity contribution in [2.24, 2.45) is 11.8 Å². The summed E-state index contributed by atoms with van der Waals surface area (Å²) in [6.07, 6.45) is 6.98. The van der Waals surface area contributed by atoms with Crippen LogP contribution in [0.15, 0.2) is 24.3 Å². The number of piperidine rings is 1. The van der Waals surface area contributed by atoms with Crippen molar-refractivity contribution in [3.05, 3.63) is 35.4 Å². The van der Waals surface area contributed by atoms with Crippen molar-refractivity contribution in [1.29, 1.82) is 0 Å². The van der Waals surface area contributed by atoms with Crippen LogP contribution in [0, 0.1) is 11.8 Å². The lowest BCUT2D eigenvalue weighted by atomic mass is 9.90. The lowest BCUT2D eigenvalue weighted by molar-refractivity contribution is -0.130. The molecule has 3 rings (SSSR count). The molecule has 160 valence electrons. The van der Waals surface area contributed by atoms with Gasteiger partial charge in [0.2, 0.25) is 5.91 Å². The van der Waals surface area contributed by atoms with Gasteiger partial charge < -0.3 is 15.1 Å². The summed E-state index contributed by atoms with van der Waals surface area (Å²) in [6, 6.07) is 8.89. The summed E-state index contributed by atoms with van der Waals surface area (Å²) in [5, 5.41) is 3.02. The fourth-order valence-electron chi connectivity index (χ4n) is 4.29. The fourth-order valence-corrected chi connectivity index (χ4v) is 4.29. The number of nitrogens with one attached hydrogen (secondary N) is 1. The van der Waals surface area contributed by atoms with E-state index in [1.165, 1.54) is 11.1 Å². The summed E-state index contributed by atoms with van der Waals surface area (Å²) < 4.78 is 0. The van der Waals surface area contributed by atoms with Gasteiger partial charge in [-0.15, -0.1) is 0 Å². The number of aryl methyl sites for hydroxylation is 1. The molecule has 1 aromatic carbocycles. The highest BCUT2D eigenvalue weighted by molar-refractivity contribution is 5.76. The molecule has 0 aliphatic carbocycles. The maximum atomic E-state index is 12.2. The number of hydrogen-bond donors (Lipinski definition) is 1. The molecule has 5 nitrogen and oxygen atoms in total.